The summed E-state index contributed by atoms with van der Waals surface area (Å²) in [6.45, 7) is 4.91. The van der Waals surface area contributed by atoms with Gasteiger partial charge in [0, 0.05) is 30.2 Å². The zero-order valence-corrected chi connectivity index (χ0v) is 19.8. The fraction of sp³-hybridized carbons (Fsp3) is 0.138. The van der Waals surface area contributed by atoms with E-state index in [0.717, 1.165) is 39.7 Å². The maximum Gasteiger partial charge on any atom is 0.143 e. The molecule has 0 spiro atoms. The number of aryl methyl sites for hydroxylation is 2. The lowest BCUT2D eigenvalue weighted by molar-refractivity contribution is 1.07. The van der Waals surface area contributed by atoms with Crippen molar-refractivity contribution < 1.29 is 0 Å². The van der Waals surface area contributed by atoms with Gasteiger partial charge >= 0.3 is 0 Å². The van der Waals surface area contributed by atoms with Crippen LogP contribution in [0.5, 0.6) is 0 Å². The number of nitrogens with zero attached hydrogens (tertiary/aromatic N) is 3. The molecule has 6 aromatic rings. The molecule has 0 saturated carbocycles. The summed E-state index contributed by atoms with van der Waals surface area (Å²) in [4.78, 5) is 16.7. The van der Waals surface area contributed by atoms with Gasteiger partial charge < -0.3 is 16.0 Å². The van der Waals surface area contributed by atoms with Crippen LogP contribution in [0.2, 0.25) is 0 Å². The number of nitrogens with two attached hydrogens (primary N) is 1. The maximum atomic E-state index is 6.11. The van der Waals surface area contributed by atoms with E-state index in [-0.39, 0.29) is 0 Å². The van der Waals surface area contributed by atoms with Crippen molar-refractivity contribution in [3.63, 3.8) is 0 Å². The van der Waals surface area contributed by atoms with Crippen LogP contribution in [0.1, 0.15) is 27.9 Å². The molecule has 0 fully saturated rings. The monoisotopic (exact) mass is 458 g/mol. The van der Waals surface area contributed by atoms with Gasteiger partial charge in [-0.25, -0.2) is 15.0 Å². The van der Waals surface area contributed by atoms with Crippen molar-refractivity contribution in [3.05, 3.63) is 101 Å². The zero-order valence-electron chi connectivity index (χ0n) is 19.8. The number of nitrogen functional groups attached to an aromatic ring is 1. The molecule has 0 amide bonds. The second-order valence-corrected chi connectivity index (χ2v) is 9.08. The number of aromatic nitrogens is 4. The molecule has 0 atom stereocenters. The Hall–Kier alpha value is -4.45. The number of nitrogens with one attached hydrogen (secondary N) is 2. The van der Waals surface area contributed by atoms with Gasteiger partial charge in [0.2, 0.25) is 0 Å². The molecule has 0 aliphatic heterocycles. The highest BCUT2D eigenvalue weighted by Gasteiger charge is 2.13. The summed E-state index contributed by atoms with van der Waals surface area (Å²) in [7, 11) is 0. The summed E-state index contributed by atoms with van der Waals surface area (Å²) in [6.07, 6.45) is 4.18. The van der Waals surface area contributed by atoms with Crippen LogP contribution in [0.25, 0.3) is 32.6 Å². The van der Waals surface area contributed by atoms with E-state index in [1.165, 1.54) is 33.0 Å². The molecule has 0 bridgehead atoms. The Bertz CT molecular complexity index is 1720. The third kappa shape index (κ3) is 3.83. The lowest BCUT2D eigenvalue weighted by atomic mass is 9.96. The van der Waals surface area contributed by atoms with Crippen LogP contribution < -0.4 is 11.1 Å². The Morgan fingerprint density at radius 1 is 0.857 bits per heavy atom. The van der Waals surface area contributed by atoms with Gasteiger partial charge in [-0.15, -0.1) is 0 Å². The summed E-state index contributed by atoms with van der Waals surface area (Å²) >= 11 is 0. The summed E-state index contributed by atoms with van der Waals surface area (Å²) in [5.41, 5.74) is 12.9. The van der Waals surface area contributed by atoms with E-state index in [9.17, 15) is 0 Å². The second kappa shape index (κ2) is 8.40. The van der Waals surface area contributed by atoms with Crippen LogP contribution in [0, 0.1) is 13.8 Å². The van der Waals surface area contributed by atoms with Crippen LogP contribution in [0.15, 0.2) is 73.2 Å². The summed E-state index contributed by atoms with van der Waals surface area (Å²) in [5.74, 6) is 1.39. The van der Waals surface area contributed by atoms with E-state index in [4.69, 9.17) is 5.73 Å². The third-order valence-corrected chi connectivity index (χ3v) is 6.84. The molecule has 0 aliphatic rings. The summed E-state index contributed by atoms with van der Waals surface area (Å²) < 4.78 is 0. The van der Waals surface area contributed by atoms with Crippen molar-refractivity contribution in [1.29, 1.82) is 0 Å². The minimum atomic E-state index is 0.567. The number of benzene rings is 3. The average Bonchev–Trinajstić information content (AvgIpc) is 3.28. The third-order valence-electron chi connectivity index (χ3n) is 6.84. The Balaban J connectivity index is 1.29. The number of pyridine rings is 1. The standard InChI is InChI=1S/C29H26N6/c1-17-11-24-23(9-10-31-27(24)30)18(2)26(17)15-32-28-25-14-22(35-29(25)34-16-33-28)13-19-7-8-20-5-3-4-6-21(20)12-19/h3-12,14,16H,13,15H2,1-2H3,(H2,30,31)(H2,32,33,34,35). The first-order valence-electron chi connectivity index (χ1n) is 11.7. The molecular formula is C29H26N6. The van der Waals surface area contributed by atoms with Gasteiger partial charge in [-0.3, -0.25) is 0 Å². The smallest absolute Gasteiger partial charge is 0.143 e. The fourth-order valence-corrected chi connectivity index (χ4v) is 4.97. The van der Waals surface area contributed by atoms with Crippen molar-refractivity contribution >= 4 is 44.2 Å². The second-order valence-electron chi connectivity index (χ2n) is 9.08. The first-order valence-corrected chi connectivity index (χ1v) is 11.7. The Labute approximate surface area is 203 Å². The number of hydrogen-bond acceptors (Lipinski definition) is 5. The van der Waals surface area contributed by atoms with E-state index in [1.54, 1.807) is 12.5 Å². The Kier molecular flexibility index (Phi) is 5.07. The molecule has 3 aromatic heterocycles. The molecule has 0 aliphatic carbocycles. The molecule has 0 unspecified atom stereocenters. The predicted octanol–water partition coefficient (Wildman–Crippen LogP) is 6.06. The van der Waals surface area contributed by atoms with Crippen molar-refractivity contribution in [3.8, 4) is 0 Å². The van der Waals surface area contributed by atoms with Crippen LogP contribution in [0.3, 0.4) is 0 Å². The van der Waals surface area contributed by atoms with Crippen LogP contribution in [0.4, 0.5) is 11.6 Å². The molecule has 6 rings (SSSR count). The molecular weight excluding hydrogens is 432 g/mol. The SMILES string of the molecule is Cc1cc2c(N)nccc2c(C)c1CNc1ncnc2[nH]c(Cc3ccc4ccccc4c3)cc12. The number of fused-ring (bicyclic) bond motifs is 3. The fourth-order valence-electron chi connectivity index (χ4n) is 4.97. The van der Waals surface area contributed by atoms with Gasteiger partial charge in [0.05, 0.1) is 5.39 Å². The molecule has 4 N–H and O–H groups in total. The average molecular weight is 459 g/mol. The lowest BCUT2D eigenvalue weighted by Crippen LogP contribution is -2.06. The Morgan fingerprint density at radius 3 is 2.60 bits per heavy atom. The van der Waals surface area contributed by atoms with E-state index in [0.29, 0.717) is 12.4 Å². The molecule has 0 saturated heterocycles. The molecule has 35 heavy (non-hydrogen) atoms. The van der Waals surface area contributed by atoms with Gasteiger partial charge in [-0.2, -0.15) is 0 Å². The topological polar surface area (TPSA) is 92.5 Å². The largest absolute Gasteiger partial charge is 0.383 e. The number of rotatable bonds is 5. The summed E-state index contributed by atoms with van der Waals surface area (Å²) in [5, 5.41) is 9.18. The molecule has 3 aromatic carbocycles. The van der Waals surface area contributed by atoms with E-state index in [2.05, 4.69) is 93.7 Å². The van der Waals surface area contributed by atoms with Crippen molar-refractivity contribution in [1.82, 2.24) is 19.9 Å². The molecule has 6 nitrogen and oxygen atoms in total. The number of aromatic amines is 1. The van der Waals surface area contributed by atoms with Crippen LogP contribution in [-0.2, 0) is 13.0 Å². The molecule has 6 heteroatoms. The molecule has 3 heterocycles. The highest BCUT2D eigenvalue weighted by Crippen LogP contribution is 2.29. The summed E-state index contributed by atoms with van der Waals surface area (Å²) in [6, 6.07) is 21.4. The van der Waals surface area contributed by atoms with Gasteiger partial charge in [-0.1, -0.05) is 42.5 Å². The molecule has 172 valence electrons. The minimum absolute atomic E-state index is 0.567. The number of H-pyrrole nitrogens is 1. The highest BCUT2D eigenvalue weighted by molar-refractivity contribution is 5.94. The van der Waals surface area contributed by atoms with Crippen molar-refractivity contribution in [2.45, 2.75) is 26.8 Å². The van der Waals surface area contributed by atoms with Gasteiger partial charge in [0.15, 0.2) is 0 Å². The highest BCUT2D eigenvalue weighted by atomic mass is 15.0. The van der Waals surface area contributed by atoms with Crippen LogP contribution in [-0.4, -0.2) is 19.9 Å². The zero-order chi connectivity index (χ0) is 23.9. The molecule has 0 radical (unpaired) electrons. The van der Waals surface area contributed by atoms with Crippen molar-refractivity contribution in [2.24, 2.45) is 0 Å². The minimum Gasteiger partial charge on any atom is -0.383 e. The van der Waals surface area contributed by atoms with Gasteiger partial charge in [0.25, 0.3) is 0 Å². The normalized spacial score (nSPS) is 11.5. The van der Waals surface area contributed by atoms with Gasteiger partial charge in [0.1, 0.15) is 23.6 Å². The lowest BCUT2D eigenvalue weighted by Gasteiger charge is -2.15. The first-order chi connectivity index (χ1) is 17.1. The van der Waals surface area contributed by atoms with E-state index >= 15 is 0 Å². The van der Waals surface area contributed by atoms with E-state index < -0.39 is 0 Å². The first kappa shape index (κ1) is 21.1. The Morgan fingerprint density at radius 2 is 1.71 bits per heavy atom. The maximum absolute atomic E-state index is 6.11. The van der Waals surface area contributed by atoms with Gasteiger partial charge in [-0.05, 0) is 70.5 Å². The predicted molar refractivity (Wildman–Crippen MR) is 144 cm³/mol. The van der Waals surface area contributed by atoms with Crippen molar-refractivity contribution in [2.75, 3.05) is 11.1 Å². The van der Waals surface area contributed by atoms with E-state index in [1.807, 2.05) is 6.07 Å². The quantitative estimate of drug-likeness (QED) is 0.292. The number of anilines is 2. The number of hydrogen-bond donors (Lipinski definition) is 3. The van der Waals surface area contributed by atoms with Crippen LogP contribution >= 0.6 is 0 Å².